The molecule has 3 aromatic rings. The molecule has 3 aromatic carbocycles. The van der Waals surface area contributed by atoms with Gasteiger partial charge in [-0.15, -0.1) is 0 Å². The van der Waals surface area contributed by atoms with Gasteiger partial charge in [0.05, 0.1) is 10.6 Å². The summed E-state index contributed by atoms with van der Waals surface area (Å²) in [4.78, 5) is 15.7. The van der Waals surface area contributed by atoms with Crippen LogP contribution in [0.15, 0.2) is 83.8 Å². The van der Waals surface area contributed by atoms with Gasteiger partial charge in [-0.1, -0.05) is 67.9 Å². The summed E-state index contributed by atoms with van der Waals surface area (Å²) in [5, 5.41) is 2.96. The van der Waals surface area contributed by atoms with E-state index in [0.717, 1.165) is 37.2 Å². The van der Waals surface area contributed by atoms with Crippen LogP contribution in [-0.4, -0.2) is 38.9 Å². The Kier molecular flexibility index (Phi) is 8.78. The van der Waals surface area contributed by atoms with E-state index < -0.39 is 10.0 Å². The van der Waals surface area contributed by atoms with E-state index in [1.165, 1.54) is 29.1 Å². The van der Waals surface area contributed by atoms with Gasteiger partial charge in [-0.2, -0.15) is 0 Å². The summed E-state index contributed by atoms with van der Waals surface area (Å²) in [7, 11) is -3.91. The predicted molar refractivity (Wildman–Crippen MR) is 144 cm³/mol. The van der Waals surface area contributed by atoms with Gasteiger partial charge in [0.15, 0.2) is 0 Å². The van der Waals surface area contributed by atoms with Crippen molar-refractivity contribution in [3.63, 3.8) is 0 Å². The fourth-order valence-electron chi connectivity index (χ4n) is 4.56. The van der Waals surface area contributed by atoms with Gasteiger partial charge in [-0.3, -0.25) is 14.0 Å². The molecule has 36 heavy (non-hydrogen) atoms. The number of amides is 1. The van der Waals surface area contributed by atoms with E-state index in [1.807, 2.05) is 37.3 Å². The lowest BCUT2D eigenvalue weighted by Gasteiger charge is -2.27. The second-order valence-electron chi connectivity index (χ2n) is 9.23. The van der Waals surface area contributed by atoms with Crippen LogP contribution in [-0.2, 0) is 34.3 Å². The molecule has 0 saturated carbocycles. The molecule has 1 fully saturated rings. The third-order valence-electron chi connectivity index (χ3n) is 6.69. The maximum atomic E-state index is 13.5. The average molecular weight is 506 g/mol. The van der Waals surface area contributed by atoms with Gasteiger partial charge in [-0.25, -0.2) is 8.42 Å². The molecule has 0 unspecified atom stereocenters. The van der Waals surface area contributed by atoms with Crippen molar-refractivity contribution >= 4 is 21.6 Å². The largest absolute Gasteiger partial charge is 0.350 e. The Hall–Kier alpha value is -3.16. The van der Waals surface area contributed by atoms with Crippen LogP contribution in [0.4, 0.5) is 5.69 Å². The molecule has 4 rings (SSSR count). The number of carbonyl (C=O) groups excluding carboxylic acids is 1. The molecule has 0 aromatic heterocycles. The van der Waals surface area contributed by atoms with Gasteiger partial charge in [0.2, 0.25) is 5.91 Å². The fraction of sp³-hybridized carbons (Fsp3) is 0.345. The van der Waals surface area contributed by atoms with E-state index in [2.05, 4.69) is 16.3 Å². The lowest BCUT2D eigenvalue weighted by atomic mass is 10.0. The fourth-order valence-corrected chi connectivity index (χ4v) is 6.00. The molecular weight excluding hydrogens is 470 g/mol. The minimum absolute atomic E-state index is 0.157. The number of rotatable bonds is 10. The van der Waals surface area contributed by atoms with E-state index in [4.69, 9.17) is 0 Å². The molecule has 0 radical (unpaired) electrons. The average Bonchev–Trinajstić information content (AvgIpc) is 2.92. The normalized spacial score (nSPS) is 14.4. The minimum Gasteiger partial charge on any atom is -0.350 e. The molecule has 6 nitrogen and oxygen atoms in total. The van der Waals surface area contributed by atoms with Crippen LogP contribution < -0.4 is 9.62 Å². The maximum absolute atomic E-state index is 13.5. The Labute approximate surface area is 215 Å². The minimum atomic E-state index is -3.91. The third-order valence-corrected chi connectivity index (χ3v) is 8.48. The highest BCUT2D eigenvalue weighted by Gasteiger charge is 2.27. The smallest absolute Gasteiger partial charge is 0.264 e. The van der Waals surface area contributed by atoms with Crippen molar-refractivity contribution in [2.24, 2.45) is 0 Å². The van der Waals surface area contributed by atoms with Crippen molar-refractivity contribution in [3.8, 4) is 0 Å². The van der Waals surface area contributed by atoms with Crippen molar-refractivity contribution in [2.75, 3.05) is 23.9 Å². The molecule has 1 aliphatic rings. The van der Waals surface area contributed by atoms with Crippen LogP contribution in [0.25, 0.3) is 0 Å². The highest BCUT2D eigenvalue weighted by molar-refractivity contribution is 7.92. The molecule has 0 bridgehead atoms. The van der Waals surface area contributed by atoms with E-state index in [-0.39, 0.29) is 17.3 Å². The highest BCUT2D eigenvalue weighted by atomic mass is 32.2. The number of likely N-dealkylation sites (tertiary alicyclic amines) is 1. The Balaban J connectivity index is 1.50. The molecule has 0 atom stereocenters. The lowest BCUT2D eigenvalue weighted by molar-refractivity contribution is -0.119. The number of nitrogens with zero attached hydrogens (tertiary/aromatic N) is 2. The quantitative estimate of drug-likeness (QED) is 0.432. The molecular formula is C29H35N3O3S. The first kappa shape index (κ1) is 25.9. The SMILES string of the molecule is CCc1ccc(N(CC(=O)NCc2ccccc2CN2CCCCC2)S(=O)(=O)c2ccccc2)cc1. The first-order chi connectivity index (χ1) is 17.5. The second-order valence-corrected chi connectivity index (χ2v) is 11.1. The predicted octanol–water partition coefficient (Wildman–Crippen LogP) is 4.75. The van der Waals surface area contributed by atoms with Crippen molar-refractivity contribution in [1.82, 2.24) is 10.2 Å². The standard InChI is InChI=1S/C29H35N3O3S/c1-2-24-15-17-27(18-16-24)32(36(34,35)28-13-5-3-6-14-28)23-29(33)30-21-25-11-7-8-12-26(25)22-31-19-9-4-10-20-31/h3,5-8,11-18H,2,4,9-10,19-23H2,1H3,(H,30,33). The number of nitrogens with one attached hydrogen (secondary N) is 1. The summed E-state index contributed by atoms with van der Waals surface area (Å²) in [5.41, 5.74) is 3.83. The van der Waals surface area contributed by atoms with Crippen LogP contribution >= 0.6 is 0 Å². The number of hydrogen-bond donors (Lipinski definition) is 1. The number of hydrogen-bond acceptors (Lipinski definition) is 4. The Morgan fingerprint density at radius 1 is 0.861 bits per heavy atom. The molecule has 1 heterocycles. The first-order valence-corrected chi connectivity index (χ1v) is 14.1. The summed E-state index contributed by atoms with van der Waals surface area (Å²) >= 11 is 0. The van der Waals surface area contributed by atoms with E-state index in [9.17, 15) is 13.2 Å². The topological polar surface area (TPSA) is 69.7 Å². The second kappa shape index (κ2) is 12.2. The maximum Gasteiger partial charge on any atom is 0.264 e. The van der Waals surface area contributed by atoms with Crippen molar-refractivity contribution in [2.45, 2.75) is 50.6 Å². The number of aryl methyl sites for hydroxylation is 1. The van der Waals surface area contributed by atoms with Crippen LogP contribution in [0.2, 0.25) is 0 Å². The summed E-state index contributed by atoms with van der Waals surface area (Å²) in [6.45, 7) is 5.18. The monoisotopic (exact) mass is 505 g/mol. The van der Waals surface area contributed by atoms with Crippen molar-refractivity contribution < 1.29 is 13.2 Å². The summed E-state index contributed by atoms with van der Waals surface area (Å²) in [5.74, 6) is -0.346. The van der Waals surface area contributed by atoms with E-state index >= 15 is 0 Å². The summed E-state index contributed by atoms with van der Waals surface area (Å²) < 4.78 is 28.2. The molecule has 7 heteroatoms. The Morgan fingerprint density at radius 2 is 1.50 bits per heavy atom. The van der Waals surface area contributed by atoms with Crippen molar-refractivity contribution in [3.05, 3.63) is 95.6 Å². The van der Waals surface area contributed by atoms with Crippen LogP contribution in [0.5, 0.6) is 0 Å². The number of piperidine rings is 1. The zero-order valence-corrected chi connectivity index (χ0v) is 21.7. The van der Waals surface area contributed by atoms with Gasteiger partial charge in [-0.05, 0) is 73.3 Å². The van der Waals surface area contributed by atoms with Gasteiger partial charge < -0.3 is 5.32 Å². The molecule has 1 saturated heterocycles. The summed E-state index contributed by atoms with van der Waals surface area (Å²) in [6, 6.07) is 23.7. The zero-order chi connectivity index (χ0) is 25.4. The molecule has 1 amide bonds. The molecule has 190 valence electrons. The number of anilines is 1. The number of sulfonamides is 1. The van der Waals surface area contributed by atoms with Gasteiger partial charge in [0.25, 0.3) is 10.0 Å². The molecule has 1 aliphatic heterocycles. The van der Waals surface area contributed by atoms with Crippen LogP contribution in [0.1, 0.15) is 42.9 Å². The Bertz CT molecular complexity index is 1240. The molecule has 1 N–H and O–H groups in total. The van der Waals surface area contributed by atoms with Gasteiger partial charge in [0, 0.05) is 13.1 Å². The third kappa shape index (κ3) is 6.53. The van der Waals surface area contributed by atoms with Gasteiger partial charge >= 0.3 is 0 Å². The zero-order valence-electron chi connectivity index (χ0n) is 20.9. The van der Waals surface area contributed by atoms with E-state index in [1.54, 1.807) is 42.5 Å². The number of benzene rings is 3. The van der Waals surface area contributed by atoms with Gasteiger partial charge in [0.1, 0.15) is 6.54 Å². The van der Waals surface area contributed by atoms with Crippen molar-refractivity contribution in [1.29, 1.82) is 0 Å². The number of carbonyl (C=O) groups is 1. The molecule has 0 spiro atoms. The van der Waals surface area contributed by atoms with Crippen LogP contribution in [0, 0.1) is 0 Å². The van der Waals surface area contributed by atoms with E-state index in [0.29, 0.717) is 12.2 Å². The summed E-state index contributed by atoms with van der Waals surface area (Å²) in [6.07, 6.45) is 4.59. The highest BCUT2D eigenvalue weighted by Crippen LogP contribution is 2.24. The van der Waals surface area contributed by atoms with Crippen LogP contribution in [0.3, 0.4) is 0 Å². The molecule has 0 aliphatic carbocycles. The lowest BCUT2D eigenvalue weighted by Crippen LogP contribution is -2.40. The Morgan fingerprint density at radius 3 is 2.17 bits per heavy atom. The first-order valence-electron chi connectivity index (χ1n) is 12.7.